The van der Waals surface area contributed by atoms with Crippen LogP contribution in [0.25, 0.3) is 0 Å². The highest BCUT2D eigenvalue weighted by molar-refractivity contribution is 7.89. The predicted molar refractivity (Wildman–Crippen MR) is 102 cm³/mol. The first-order valence-corrected chi connectivity index (χ1v) is 10.6. The minimum atomic E-state index is -3.75. The Kier molecular flexibility index (Phi) is 4.84. The molecule has 0 aromatic heterocycles. The van der Waals surface area contributed by atoms with Gasteiger partial charge in [-0.25, -0.2) is 13.1 Å². The summed E-state index contributed by atoms with van der Waals surface area (Å²) in [6.07, 6.45) is 2.28. The second-order valence-corrected chi connectivity index (χ2v) is 8.83. The number of amides is 1. The van der Waals surface area contributed by atoms with Crippen LogP contribution in [-0.2, 0) is 10.0 Å². The van der Waals surface area contributed by atoms with Gasteiger partial charge in [0.1, 0.15) is 10.6 Å². The molecule has 0 bridgehead atoms. The van der Waals surface area contributed by atoms with Crippen LogP contribution in [0.3, 0.4) is 0 Å². The maximum atomic E-state index is 12.7. The van der Waals surface area contributed by atoms with E-state index in [1.54, 1.807) is 0 Å². The Bertz CT molecular complexity index is 989. The van der Waals surface area contributed by atoms with Crippen molar-refractivity contribution in [2.75, 3.05) is 6.61 Å². The van der Waals surface area contributed by atoms with Gasteiger partial charge in [-0.15, -0.1) is 0 Å². The molecular formula is C19H19ClN2O4S. The second-order valence-electron chi connectivity index (χ2n) is 6.74. The number of para-hydroxylation sites is 1. The average molecular weight is 407 g/mol. The van der Waals surface area contributed by atoms with Crippen LogP contribution in [0, 0.1) is 0 Å². The molecule has 1 aliphatic heterocycles. The highest BCUT2D eigenvalue weighted by Crippen LogP contribution is 2.32. The predicted octanol–water partition coefficient (Wildman–Crippen LogP) is 3.03. The maximum absolute atomic E-state index is 12.7. The van der Waals surface area contributed by atoms with Crippen LogP contribution in [0.2, 0.25) is 5.02 Å². The summed E-state index contributed by atoms with van der Waals surface area (Å²) < 4.78 is 33.2. The van der Waals surface area contributed by atoms with Crippen molar-refractivity contribution >= 4 is 27.5 Å². The fourth-order valence-corrected chi connectivity index (χ4v) is 4.90. The first-order chi connectivity index (χ1) is 12.9. The summed E-state index contributed by atoms with van der Waals surface area (Å²) in [5.41, 5.74) is 1.16. The molecule has 1 fully saturated rings. The summed E-state index contributed by atoms with van der Waals surface area (Å²) >= 11 is 6.08. The number of sulfonamides is 1. The molecule has 0 radical (unpaired) electrons. The number of nitrogens with one attached hydrogen (secondary N) is 2. The number of fused-ring (bicyclic) bond motifs is 1. The number of carbonyl (C=O) groups excluding carboxylic acids is 1. The SMILES string of the molecule is O=C(N[C@@H]1CCOc2ccccc21)c1ccc(Cl)c(S(=O)(=O)NC2CC2)c1. The van der Waals surface area contributed by atoms with Crippen molar-refractivity contribution in [2.24, 2.45) is 0 Å². The molecule has 8 heteroatoms. The molecule has 1 heterocycles. The lowest BCUT2D eigenvalue weighted by Crippen LogP contribution is -2.32. The van der Waals surface area contributed by atoms with Gasteiger partial charge in [-0.05, 0) is 37.1 Å². The number of benzene rings is 2. The third-order valence-corrected chi connectivity index (χ3v) is 6.65. The van der Waals surface area contributed by atoms with Crippen LogP contribution in [-0.4, -0.2) is 27.0 Å². The molecule has 2 aromatic carbocycles. The standard InChI is InChI=1S/C19H19ClN2O4S/c20-15-8-5-12(11-18(15)27(24,25)22-13-6-7-13)19(23)21-16-9-10-26-17-4-2-1-3-14(16)17/h1-5,8,11,13,16,22H,6-7,9-10H2,(H,21,23)/t16-/m1/s1. The van der Waals surface area contributed by atoms with E-state index < -0.39 is 10.0 Å². The molecule has 1 aliphatic carbocycles. The summed E-state index contributed by atoms with van der Waals surface area (Å²) in [5, 5.41) is 3.06. The van der Waals surface area contributed by atoms with Crippen molar-refractivity contribution < 1.29 is 17.9 Å². The number of carbonyl (C=O) groups is 1. The first-order valence-electron chi connectivity index (χ1n) is 8.78. The molecule has 4 rings (SSSR count). The maximum Gasteiger partial charge on any atom is 0.251 e. The molecular weight excluding hydrogens is 388 g/mol. The van der Waals surface area contributed by atoms with Crippen molar-refractivity contribution in [1.29, 1.82) is 0 Å². The number of ether oxygens (including phenoxy) is 1. The fraction of sp³-hybridized carbons (Fsp3) is 0.316. The number of halogens is 1. The molecule has 27 heavy (non-hydrogen) atoms. The number of hydrogen-bond donors (Lipinski definition) is 2. The lowest BCUT2D eigenvalue weighted by Gasteiger charge is -2.26. The summed E-state index contributed by atoms with van der Waals surface area (Å²) in [4.78, 5) is 12.7. The van der Waals surface area contributed by atoms with E-state index in [1.165, 1.54) is 18.2 Å². The summed E-state index contributed by atoms with van der Waals surface area (Å²) in [5.74, 6) is 0.401. The Labute approximate surface area is 162 Å². The zero-order valence-electron chi connectivity index (χ0n) is 14.4. The molecule has 2 aromatic rings. The lowest BCUT2D eigenvalue weighted by molar-refractivity contribution is 0.0924. The number of hydrogen-bond acceptors (Lipinski definition) is 4. The Morgan fingerprint density at radius 1 is 1.11 bits per heavy atom. The normalized spacial score (nSPS) is 19.1. The zero-order chi connectivity index (χ0) is 19.0. The summed E-state index contributed by atoms with van der Waals surface area (Å²) in [7, 11) is -3.75. The van der Waals surface area contributed by atoms with Gasteiger partial charge in [0.15, 0.2) is 0 Å². The van der Waals surface area contributed by atoms with Crippen LogP contribution >= 0.6 is 11.6 Å². The van der Waals surface area contributed by atoms with Crippen molar-refractivity contribution in [1.82, 2.24) is 10.0 Å². The first kappa shape index (κ1) is 18.3. The van der Waals surface area contributed by atoms with Gasteiger partial charge in [0.05, 0.1) is 17.7 Å². The van der Waals surface area contributed by atoms with Crippen molar-refractivity contribution in [3.63, 3.8) is 0 Å². The van der Waals surface area contributed by atoms with Gasteiger partial charge in [-0.3, -0.25) is 4.79 Å². The van der Waals surface area contributed by atoms with Crippen LogP contribution in [0.4, 0.5) is 0 Å². The highest BCUT2D eigenvalue weighted by atomic mass is 35.5. The van der Waals surface area contributed by atoms with Gasteiger partial charge in [-0.2, -0.15) is 0 Å². The van der Waals surface area contributed by atoms with E-state index in [-0.39, 0.29) is 33.5 Å². The minimum Gasteiger partial charge on any atom is -0.493 e. The van der Waals surface area contributed by atoms with Crippen LogP contribution < -0.4 is 14.8 Å². The van der Waals surface area contributed by atoms with Gasteiger partial charge in [-0.1, -0.05) is 29.8 Å². The van der Waals surface area contributed by atoms with Crippen LogP contribution in [0.5, 0.6) is 5.75 Å². The molecule has 1 saturated carbocycles. The molecule has 1 amide bonds. The molecule has 0 saturated heterocycles. The quantitative estimate of drug-likeness (QED) is 0.799. The fourth-order valence-electron chi connectivity index (χ4n) is 3.07. The van der Waals surface area contributed by atoms with Gasteiger partial charge in [0.2, 0.25) is 10.0 Å². The Balaban J connectivity index is 1.57. The molecule has 2 aliphatic rings. The van der Waals surface area contributed by atoms with Crippen molar-refractivity contribution in [3.05, 3.63) is 58.6 Å². The van der Waals surface area contributed by atoms with Crippen molar-refractivity contribution in [3.8, 4) is 5.75 Å². The molecule has 6 nitrogen and oxygen atoms in total. The average Bonchev–Trinajstić information content (AvgIpc) is 3.45. The van der Waals surface area contributed by atoms with E-state index in [4.69, 9.17) is 16.3 Å². The lowest BCUT2D eigenvalue weighted by atomic mass is 10.00. The largest absolute Gasteiger partial charge is 0.493 e. The zero-order valence-corrected chi connectivity index (χ0v) is 16.0. The molecule has 0 spiro atoms. The van der Waals surface area contributed by atoms with Gasteiger partial charge < -0.3 is 10.1 Å². The van der Waals surface area contributed by atoms with E-state index in [1.807, 2.05) is 24.3 Å². The smallest absolute Gasteiger partial charge is 0.251 e. The van der Waals surface area contributed by atoms with Crippen LogP contribution in [0.1, 0.15) is 41.2 Å². The van der Waals surface area contributed by atoms with E-state index in [0.29, 0.717) is 13.0 Å². The summed E-state index contributed by atoms with van der Waals surface area (Å²) in [6, 6.07) is 11.6. The number of rotatable bonds is 5. The Hall–Kier alpha value is -2.09. The Morgan fingerprint density at radius 3 is 2.67 bits per heavy atom. The van der Waals surface area contributed by atoms with Gasteiger partial charge in [0, 0.05) is 23.6 Å². The molecule has 142 valence electrons. The van der Waals surface area contributed by atoms with E-state index in [2.05, 4.69) is 10.0 Å². The Morgan fingerprint density at radius 2 is 1.89 bits per heavy atom. The minimum absolute atomic E-state index is 0.0395. The van der Waals surface area contributed by atoms with Gasteiger partial charge in [0.25, 0.3) is 5.91 Å². The monoisotopic (exact) mass is 406 g/mol. The van der Waals surface area contributed by atoms with Crippen LogP contribution in [0.15, 0.2) is 47.4 Å². The van der Waals surface area contributed by atoms with Gasteiger partial charge >= 0.3 is 0 Å². The third-order valence-electron chi connectivity index (χ3n) is 4.65. The summed E-state index contributed by atoms with van der Waals surface area (Å²) in [6.45, 7) is 0.507. The van der Waals surface area contributed by atoms with E-state index in [0.717, 1.165) is 24.2 Å². The van der Waals surface area contributed by atoms with E-state index in [9.17, 15) is 13.2 Å². The second kappa shape index (κ2) is 7.14. The highest BCUT2D eigenvalue weighted by Gasteiger charge is 2.30. The van der Waals surface area contributed by atoms with E-state index >= 15 is 0 Å². The molecule has 2 N–H and O–H groups in total. The molecule has 0 unspecified atom stereocenters. The third kappa shape index (κ3) is 3.95. The topological polar surface area (TPSA) is 84.5 Å². The van der Waals surface area contributed by atoms with Crippen molar-refractivity contribution in [2.45, 2.75) is 36.2 Å². The molecule has 1 atom stereocenters.